The number of carboxylic acid groups (broad SMARTS) is 1. The molecule has 5 nitrogen and oxygen atoms in total. The number of aliphatic hydroxyl groups is 1. The fourth-order valence-corrected chi connectivity index (χ4v) is 1.42. The number of aliphatic hydroxyl groups excluding tert-OH is 1. The smallest absolute Gasteiger partial charge is 0.339 e. The Morgan fingerprint density at radius 1 is 1.62 bits per heavy atom. The van der Waals surface area contributed by atoms with Crippen LogP contribution in [0.5, 0.6) is 0 Å². The topological polar surface area (TPSA) is 82.7 Å². The van der Waals surface area contributed by atoms with Gasteiger partial charge in [-0.3, -0.25) is 0 Å². The van der Waals surface area contributed by atoms with E-state index in [1.54, 1.807) is 0 Å². The molecule has 16 heavy (non-hydrogen) atoms. The molecule has 1 aromatic heterocycles. The molecule has 0 fully saturated rings. The number of hydrogen-bond donors (Lipinski definition) is 3. The van der Waals surface area contributed by atoms with Gasteiger partial charge in [-0.1, -0.05) is 6.92 Å². The molecular formula is C11H17NO4. The molecule has 5 heteroatoms. The van der Waals surface area contributed by atoms with E-state index in [1.165, 1.54) is 12.3 Å². The molecule has 0 bridgehead atoms. The molecule has 0 amide bonds. The monoisotopic (exact) mass is 227 g/mol. The highest BCUT2D eigenvalue weighted by molar-refractivity contribution is 5.88. The number of carboxylic acids is 1. The molecule has 0 spiro atoms. The van der Waals surface area contributed by atoms with Gasteiger partial charge in [0.25, 0.3) is 0 Å². The molecule has 1 atom stereocenters. The van der Waals surface area contributed by atoms with E-state index in [4.69, 9.17) is 14.6 Å². The SMILES string of the molecule is CC(CCO)CNCc1occc1C(=O)O. The number of hydrogen-bond acceptors (Lipinski definition) is 4. The molecule has 0 aliphatic rings. The third-order valence-corrected chi connectivity index (χ3v) is 2.38. The fourth-order valence-electron chi connectivity index (χ4n) is 1.42. The van der Waals surface area contributed by atoms with Crippen molar-refractivity contribution in [1.29, 1.82) is 0 Å². The minimum atomic E-state index is -0.978. The number of furan rings is 1. The lowest BCUT2D eigenvalue weighted by Gasteiger charge is -2.10. The van der Waals surface area contributed by atoms with E-state index < -0.39 is 5.97 Å². The molecule has 0 aromatic carbocycles. The van der Waals surface area contributed by atoms with Gasteiger partial charge >= 0.3 is 5.97 Å². The summed E-state index contributed by atoms with van der Waals surface area (Å²) >= 11 is 0. The summed E-state index contributed by atoms with van der Waals surface area (Å²) in [6.45, 7) is 3.30. The van der Waals surface area contributed by atoms with Crippen molar-refractivity contribution in [2.75, 3.05) is 13.2 Å². The first-order valence-corrected chi connectivity index (χ1v) is 5.26. The van der Waals surface area contributed by atoms with Crippen molar-refractivity contribution < 1.29 is 19.4 Å². The van der Waals surface area contributed by atoms with Gasteiger partial charge in [0.1, 0.15) is 11.3 Å². The van der Waals surface area contributed by atoms with Crippen LogP contribution in [0.2, 0.25) is 0 Å². The molecule has 1 rings (SSSR count). The maximum atomic E-state index is 10.8. The molecule has 3 N–H and O–H groups in total. The van der Waals surface area contributed by atoms with E-state index in [9.17, 15) is 4.79 Å². The maximum absolute atomic E-state index is 10.8. The highest BCUT2D eigenvalue weighted by atomic mass is 16.4. The fraction of sp³-hybridized carbons (Fsp3) is 0.545. The van der Waals surface area contributed by atoms with Crippen molar-refractivity contribution in [2.45, 2.75) is 19.9 Å². The summed E-state index contributed by atoms with van der Waals surface area (Å²) < 4.78 is 5.08. The standard InChI is InChI=1S/C11H17NO4/c1-8(2-4-13)6-12-7-10-9(11(14)15)3-5-16-10/h3,5,8,12-13H,2,4,6-7H2,1H3,(H,14,15). The lowest BCUT2D eigenvalue weighted by molar-refractivity contribution is 0.0694. The molecule has 0 aliphatic heterocycles. The van der Waals surface area contributed by atoms with E-state index in [2.05, 4.69) is 5.32 Å². The summed E-state index contributed by atoms with van der Waals surface area (Å²) in [5.74, 6) is -0.189. The van der Waals surface area contributed by atoms with Crippen LogP contribution < -0.4 is 5.32 Å². The Kier molecular flexibility index (Phi) is 5.01. The van der Waals surface area contributed by atoms with Crippen molar-refractivity contribution in [3.63, 3.8) is 0 Å². The zero-order valence-electron chi connectivity index (χ0n) is 9.27. The molecule has 0 radical (unpaired) electrons. The van der Waals surface area contributed by atoms with Gasteiger partial charge in [-0.15, -0.1) is 0 Å². The Balaban J connectivity index is 2.37. The van der Waals surface area contributed by atoms with Crippen molar-refractivity contribution in [3.05, 3.63) is 23.7 Å². The van der Waals surface area contributed by atoms with E-state index in [-0.39, 0.29) is 12.2 Å². The second-order valence-corrected chi connectivity index (χ2v) is 3.81. The first kappa shape index (κ1) is 12.7. The summed E-state index contributed by atoms with van der Waals surface area (Å²) in [6, 6.07) is 1.44. The van der Waals surface area contributed by atoms with Crippen molar-refractivity contribution in [2.24, 2.45) is 5.92 Å². The van der Waals surface area contributed by atoms with E-state index in [0.29, 0.717) is 18.2 Å². The van der Waals surface area contributed by atoms with Gasteiger partial charge in [-0.2, -0.15) is 0 Å². The van der Waals surface area contributed by atoms with Gasteiger partial charge in [-0.25, -0.2) is 4.79 Å². The average Bonchev–Trinajstić information content (AvgIpc) is 2.66. The molecular weight excluding hydrogens is 210 g/mol. The number of nitrogens with one attached hydrogen (secondary N) is 1. The summed E-state index contributed by atoms with van der Waals surface area (Å²) in [5.41, 5.74) is 0.197. The second-order valence-electron chi connectivity index (χ2n) is 3.81. The normalized spacial score (nSPS) is 12.6. The summed E-state index contributed by atoms with van der Waals surface area (Å²) in [5, 5.41) is 20.6. The summed E-state index contributed by atoms with van der Waals surface area (Å²) in [6.07, 6.45) is 2.11. The van der Waals surface area contributed by atoms with Crippen molar-refractivity contribution >= 4 is 5.97 Å². The summed E-state index contributed by atoms with van der Waals surface area (Å²) in [4.78, 5) is 10.8. The third-order valence-electron chi connectivity index (χ3n) is 2.38. The van der Waals surface area contributed by atoms with Gasteiger partial charge < -0.3 is 19.9 Å². The zero-order chi connectivity index (χ0) is 12.0. The van der Waals surface area contributed by atoms with Crippen LogP contribution in [0, 0.1) is 5.92 Å². The predicted octanol–water partition coefficient (Wildman–Crippen LogP) is 1.09. The van der Waals surface area contributed by atoms with Gasteiger partial charge in [0, 0.05) is 6.61 Å². The maximum Gasteiger partial charge on any atom is 0.339 e. The highest BCUT2D eigenvalue weighted by Gasteiger charge is 2.12. The third kappa shape index (κ3) is 3.67. The van der Waals surface area contributed by atoms with Crippen LogP contribution in [0.1, 0.15) is 29.5 Å². The minimum Gasteiger partial charge on any atom is -0.478 e. The first-order chi connectivity index (χ1) is 7.65. The predicted molar refractivity (Wildman–Crippen MR) is 58.2 cm³/mol. The Morgan fingerprint density at radius 3 is 3.00 bits per heavy atom. The number of aromatic carboxylic acids is 1. The zero-order valence-corrected chi connectivity index (χ0v) is 9.27. The Hall–Kier alpha value is -1.33. The number of carbonyl (C=O) groups is 1. The molecule has 1 heterocycles. The van der Waals surface area contributed by atoms with Crippen LogP contribution in [0.15, 0.2) is 16.7 Å². The quantitative estimate of drug-likeness (QED) is 0.649. The molecule has 90 valence electrons. The lowest BCUT2D eigenvalue weighted by atomic mass is 10.1. The van der Waals surface area contributed by atoms with Crippen molar-refractivity contribution in [1.82, 2.24) is 5.32 Å². The molecule has 0 aliphatic carbocycles. The Labute approximate surface area is 94.1 Å². The Bertz CT molecular complexity index is 334. The minimum absolute atomic E-state index is 0.171. The van der Waals surface area contributed by atoms with Crippen LogP contribution in [0.3, 0.4) is 0 Å². The van der Waals surface area contributed by atoms with E-state index in [0.717, 1.165) is 13.0 Å². The van der Waals surface area contributed by atoms with Gasteiger partial charge in [-0.05, 0) is 24.9 Å². The highest BCUT2D eigenvalue weighted by Crippen LogP contribution is 2.10. The van der Waals surface area contributed by atoms with Gasteiger partial charge in [0.2, 0.25) is 0 Å². The average molecular weight is 227 g/mol. The van der Waals surface area contributed by atoms with Crippen LogP contribution in [0.4, 0.5) is 0 Å². The molecule has 0 saturated heterocycles. The van der Waals surface area contributed by atoms with Gasteiger partial charge in [0.15, 0.2) is 0 Å². The lowest BCUT2D eigenvalue weighted by Crippen LogP contribution is -2.22. The Morgan fingerprint density at radius 2 is 2.38 bits per heavy atom. The van der Waals surface area contributed by atoms with Crippen LogP contribution in [-0.2, 0) is 6.54 Å². The summed E-state index contributed by atoms with van der Waals surface area (Å²) in [7, 11) is 0. The van der Waals surface area contributed by atoms with Gasteiger partial charge in [0.05, 0.1) is 12.8 Å². The van der Waals surface area contributed by atoms with Crippen molar-refractivity contribution in [3.8, 4) is 0 Å². The second kappa shape index (κ2) is 6.30. The largest absolute Gasteiger partial charge is 0.478 e. The van der Waals surface area contributed by atoms with E-state index in [1.807, 2.05) is 6.92 Å². The van der Waals surface area contributed by atoms with Crippen LogP contribution >= 0.6 is 0 Å². The van der Waals surface area contributed by atoms with Crippen LogP contribution in [-0.4, -0.2) is 29.3 Å². The number of rotatable bonds is 7. The first-order valence-electron chi connectivity index (χ1n) is 5.26. The molecule has 0 saturated carbocycles. The molecule has 1 aromatic rings. The van der Waals surface area contributed by atoms with E-state index >= 15 is 0 Å². The van der Waals surface area contributed by atoms with Crippen LogP contribution in [0.25, 0.3) is 0 Å². The molecule has 1 unspecified atom stereocenters.